The van der Waals surface area contributed by atoms with E-state index >= 15 is 0 Å². The van der Waals surface area contributed by atoms with E-state index in [2.05, 4.69) is 4.74 Å². The monoisotopic (exact) mass is 321 g/mol. The van der Waals surface area contributed by atoms with Gasteiger partial charge in [-0.1, -0.05) is 11.6 Å². The van der Waals surface area contributed by atoms with Crippen LogP contribution in [0.2, 0.25) is 5.02 Å². The topological polar surface area (TPSA) is 101 Å². The van der Waals surface area contributed by atoms with Crippen molar-refractivity contribution in [1.82, 2.24) is 4.31 Å². The van der Waals surface area contributed by atoms with Gasteiger partial charge in [0.25, 0.3) is 0 Å². The predicted molar refractivity (Wildman–Crippen MR) is 70.2 cm³/mol. The Labute approximate surface area is 120 Å². The number of sulfonamides is 1. The van der Waals surface area contributed by atoms with Gasteiger partial charge in [-0.05, 0) is 18.2 Å². The summed E-state index contributed by atoms with van der Waals surface area (Å²) in [6, 6.07) is 3.29. The summed E-state index contributed by atoms with van der Waals surface area (Å²) < 4.78 is 29.5. The van der Waals surface area contributed by atoms with E-state index in [0.29, 0.717) is 0 Å². The molecule has 1 rings (SSSR count). The maximum absolute atomic E-state index is 12.2. The minimum Gasteiger partial charge on any atom is -0.478 e. The van der Waals surface area contributed by atoms with Gasteiger partial charge in [-0.2, -0.15) is 4.31 Å². The van der Waals surface area contributed by atoms with Crippen LogP contribution in [0, 0.1) is 0 Å². The molecule has 0 aromatic heterocycles. The van der Waals surface area contributed by atoms with Crippen LogP contribution in [0.4, 0.5) is 0 Å². The highest BCUT2D eigenvalue weighted by atomic mass is 35.5. The fraction of sp³-hybridized carbons (Fsp3) is 0.273. The Bertz CT molecular complexity index is 642. The van der Waals surface area contributed by atoms with Crippen molar-refractivity contribution >= 4 is 33.6 Å². The van der Waals surface area contributed by atoms with Crippen molar-refractivity contribution in [3.05, 3.63) is 28.8 Å². The number of rotatable bonds is 5. The third-order valence-electron chi connectivity index (χ3n) is 2.45. The van der Waals surface area contributed by atoms with Gasteiger partial charge in [-0.25, -0.2) is 13.2 Å². The van der Waals surface area contributed by atoms with Gasteiger partial charge < -0.3 is 9.84 Å². The lowest BCUT2D eigenvalue weighted by Gasteiger charge is -2.17. The first-order valence-corrected chi connectivity index (χ1v) is 7.08. The average Bonchev–Trinajstić information content (AvgIpc) is 2.38. The van der Waals surface area contributed by atoms with E-state index < -0.39 is 28.5 Å². The summed E-state index contributed by atoms with van der Waals surface area (Å²) in [5, 5.41) is 8.73. The van der Waals surface area contributed by atoms with E-state index in [1.54, 1.807) is 0 Å². The van der Waals surface area contributed by atoms with E-state index in [9.17, 15) is 18.0 Å². The zero-order valence-electron chi connectivity index (χ0n) is 10.7. The number of carbonyl (C=O) groups is 2. The SMILES string of the molecule is COC(=O)CN(C)S(=O)(=O)c1cc(C(=O)O)ccc1Cl. The number of aromatic carboxylic acids is 1. The Balaban J connectivity index is 3.24. The molecule has 0 bridgehead atoms. The van der Waals surface area contributed by atoms with E-state index in [1.807, 2.05) is 0 Å². The summed E-state index contributed by atoms with van der Waals surface area (Å²) in [7, 11) is -1.81. The van der Waals surface area contributed by atoms with Crippen molar-refractivity contribution in [3.63, 3.8) is 0 Å². The number of carboxylic acids is 1. The van der Waals surface area contributed by atoms with Crippen LogP contribution in [-0.2, 0) is 19.6 Å². The first kappa shape index (κ1) is 16.4. The summed E-state index contributed by atoms with van der Waals surface area (Å²) in [4.78, 5) is 21.6. The predicted octanol–water partition coefficient (Wildman–Crippen LogP) is 0.832. The maximum atomic E-state index is 12.2. The molecule has 0 aliphatic carbocycles. The lowest BCUT2D eigenvalue weighted by atomic mass is 10.2. The number of methoxy groups -OCH3 is 1. The number of esters is 1. The minimum atomic E-state index is -4.09. The van der Waals surface area contributed by atoms with E-state index in [4.69, 9.17) is 16.7 Å². The first-order valence-electron chi connectivity index (χ1n) is 5.26. The molecule has 7 nitrogen and oxygen atoms in total. The molecule has 0 spiro atoms. The molecule has 0 radical (unpaired) electrons. The lowest BCUT2D eigenvalue weighted by molar-refractivity contribution is -0.140. The van der Waals surface area contributed by atoms with Gasteiger partial charge in [0.1, 0.15) is 11.4 Å². The lowest BCUT2D eigenvalue weighted by Crippen LogP contribution is -2.33. The summed E-state index contributed by atoms with van der Waals surface area (Å²) in [6.45, 7) is -0.507. The van der Waals surface area contributed by atoms with E-state index in [-0.39, 0.29) is 15.5 Å². The number of likely N-dealkylation sites (N-methyl/N-ethyl adjacent to an activating group) is 1. The third kappa shape index (κ3) is 3.47. The Hall–Kier alpha value is -1.64. The largest absolute Gasteiger partial charge is 0.478 e. The van der Waals surface area contributed by atoms with Gasteiger partial charge in [0.15, 0.2) is 0 Å². The van der Waals surface area contributed by atoms with Crippen LogP contribution in [0.25, 0.3) is 0 Å². The highest BCUT2D eigenvalue weighted by Crippen LogP contribution is 2.25. The second-order valence-electron chi connectivity index (χ2n) is 3.79. The number of hydrogen-bond acceptors (Lipinski definition) is 5. The summed E-state index contributed by atoms with van der Waals surface area (Å²) >= 11 is 5.78. The van der Waals surface area contributed by atoms with Crippen LogP contribution in [0.5, 0.6) is 0 Å². The Kier molecular flexibility index (Phi) is 5.09. The molecule has 0 fully saturated rings. The Morgan fingerprint density at radius 2 is 2.00 bits per heavy atom. The number of halogens is 1. The number of carbonyl (C=O) groups excluding carboxylic acids is 1. The Morgan fingerprint density at radius 3 is 2.50 bits per heavy atom. The van der Waals surface area contributed by atoms with Gasteiger partial charge in [0.2, 0.25) is 10.0 Å². The molecule has 1 N–H and O–H groups in total. The molecule has 0 heterocycles. The van der Waals surface area contributed by atoms with E-state index in [1.165, 1.54) is 12.1 Å². The molecule has 20 heavy (non-hydrogen) atoms. The molecule has 9 heteroatoms. The zero-order chi connectivity index (χ0) is 15.5. The first-order chi connectivity index (χ1) is 9.20. The minimum absolute atomic E-state index is 0.133. The van der Waals surface area contributed by atoms with Crippen LogP contribution in [0.3, 0.4) is 0 Å². The second kappa shape index (κ2) is 6.21. The third-order valence-corrected chi connectivity index (χ3v) is 4.73. The highest BCUT2D eigenvalue weighted by molar-refractivity contribution is 7.89. The number of ether oxygens (including phenoxy) is 1. The quantitative estimate of drug-likeness (QED) is 0.806. The number of nitrogens with zero attached hydrogens (tertiary/aromatic N) is 1. The molecule has 0 unspecified atom stereocenters. The Morgan fingerprint density at radius 1 is 1.40 bits per heavy atom. The van der Waals surface area contributed by atoms with Gasteiger partial charge in [-0.15, -0.1) is 0 Å². The van der Waals surface area contributed by atoms with Crippen LogP contribution in [0.1, 0.15) is 10.4 Å². The fourth-order valence-electron chi connectivity index (χ4n) is 1.33. The van der Waals surface area contributed by atoms with Crippen molar-refractivity contribution in [1.29, 1.82) is 0 Å². The number of carboxylic acid groups (broad SMARTS) is 1. The van der Waals surface area contributed by atoms with Gasteiger partial charge >= 0.3 is 11.9 Å². The molecule has 0 saturated heterocycles. The normalized spacial score (nSPS) is 11.4. The standard InChI is InChI=1S/C11H12ClNO6S/c1-13(6-10(14)19-2)20(17,18)9-5-7(11(15)16)3-4-8(9)12/h3-5H,6H2,1-2H3,(H,15,16). The number of benzene rings is 1. The number of hydrogen-bond donors (Lipinski definition) is 1. The maximum Gasteiger partial charge on any atom is 0.335 e. The fourth-order valence-corrected chi connectivity index (χ4v) is 2.94. The van der Waals surface area contributed by atoms with Crippen LogP contribution in [-0.4, -0.2) is 50.5 Å². The van der Waals surface area contributed by atoms with E-state index in [0.717, 1.165) is 24.5 Å². The highest BCUT2D eigenvalue weighted by Gasteiger charge is 2.26. The van der Waals surface area contributed by atoms with Crippen molar-refractivity contribution in [2.24, 2.45) is 0 Å². The van der Waals surface area contributed by atoms with Crippen LogP contribution >= 0.6 is 11.6 Å². The van der Waals surface area contributed by atoms with Crippen molar-refractivity contribution in [3.8, 4) is 0 Å². The summed E-state index contributed by atoms with van der Waals surface area (Å²) in [5.74, 6) is -2.03. The van der Waals surface area contributed by atoms with Gasteiger partial charge in [0.05, 0.1) is 17.7 Å². The molecule has 110 valence electrons. The molecule has 1 aromatic rings. The molecular formula is C11H12ClNO6S. The van der Waals surface area contributed by atoms with Gasteiger partial charge in [0, 0.05) is 7.05 Å². The average molecular weight is 322 g/mol. The summed E-state index contributed by atoms with van der Waals surface area (Å²) in [5.41, 5.74) is -0.223. The molecule has 1 aromatic carbocycles. The zero-order valence-corrected chi connectivity index (χ0v) is 12.2. The van der Waals surface area contributed by atoms with Crippen LogP contribution < -0.4 is 0 Å². The molecule has 0 saturated carbocycles. The smallest absolute Gasteiger partial charge is 0.335 e. The van der Waals surface area contributed by atoms with Crippen LogP contribution in [0.15, 0.2) is 23.1 Å². The molecular weight excluding hydrogens is 310 g/mol. The van der Waals surface area contributed by atoms with Crippen molar-refractivity contribution < 1.29 is 27.9 Å². The molecule has 0 aliphatic rings. The summed E-state index contributed by atoms with van der Waals surface area (Å²) in [6.07, 6.45) is 0. The van der Waals surface area contributed by atoms with Crippen molar-refractivity contribution in [2.45, 2.75) is 4.90 Å². The second-order valence-corrected chi connectivity index (χ2v) is 6.21. The van der Waals surface area contributed by atoms with Gasteiger partial charge in [-0.3, -0.25) is 4.79 Å². The molecule has 0 atom stereocenters. The molecule has 0 amide bonds. The molecule has 0 aliphatic heterocycles. The van der Waals surface area contributed by atoms with Crippen molar-refractivity contribution in [2.75, 3.05) is 20.7 Å².